The molecule has 0 fully saturated rings. The number of ether oxygens (including phenoxy) is 4. The Balaban J connectivity index is 1.40. The first kappa shape index (κ1) is 43.0. The molecule has 0 unspecified atom stereocenters. The van der Waals surface area contributed by atoms with Crippen LogP contribution in [0.25, 0.3) is 0 Å². The van der Waals surface area contributed by atoms with Crippen LogP contribution in [0.1, 0.15) is 75.9 Å². The number of carbonyl (C=O) groups is 3. The average Bonchev–Trinajstić information content (AvgIpc) is 3.12. The molecule has 4 rings (SSSR count). The van der Waals surface area contributed by atoms with Crippen molar-refractivity contribution in [1.82, 2.24) is 0 Å². The van der Waals surface area contributed by atoms with Crippen molar-refractivity contribution in [3.05, 3.63) is 137 Å². The number of carbonyl (C=O) groups excluding carboxylic acids is 3. The molecule has 0 saturated heterocycles. The summed E-state index contributed by atoms with van der Waals surface area (Å²) >= 11 is 0. The number of hydrogen-bond donors (Lipinski definition) is 0. The lowest BCUT2D eigenvalue weighted by Crippen LogP contribution is -2.54. The van der Waals surface area contributed by atoms with Crippen LogP contribution in [0.4, 0.5) is 35.1 Å². The van der Waals surface area contributed by atoms with Crippen molar-refractivity contribution in [3.63, 3.8) is 0 Å². The summed E-state index contributed by atoms with van der Waals surface area (Å²) in [5.74, 6) is -5.73. The van der Waals surface area contributed by atoms with E-state index in [0.29, 0.717) is 67.1 Å². The van der Waals surface area contributed by atoms with Gasteiger partial charge in [-0.2, -0.15) is 26.3 Å². The Morgan fingerprint density at radius 3 is 1.46 bits per heavy atom. The van der Waals surface area contributed by atoms with Gasteiger partial charge in [-0.1, -0.05) is 62.6 Å². The molecule has 0 saturated carbocycles. The van der Waals surface area contributed by atoms with Crippen LogP contribution in [-0.2, 0) is 14.9 Å². The van der Waals surface area contributed by atoms with Crippen molar-refractivity contribution in [2.24, 2.45) is 0 Å². The van der Waals surface area contributed by atoms with Gasteiger partial charge in [0.2, 0.25) is 5.41 Å². The lowest BCUT2D eigenvalue weighted by Gasteiger charge is -2.38. The third-order valence-corrected chi connectivity index (χ3v) is 8.57. The van der Waals surface area contributed by atoms with E-state index in [1.165, 1.54) is 12.1 Å². The van der Waals surface area contributed by atoms with Gasteiger partial charge in [-0.05, 0) is 85.0 Å². The molecule has 15 heteroatoms. The Morgan fingerprint density at radius 1 is 0.589 bits per heavy atom. The monoisotopic (exact) mass is 792 g/mol. The third kappa shape index (κ3) is 10.5. The van der Waals surface area contributed by atoms with Crippen molar-refractivity contribution >= 4 is 17.9 Å². The minimum atomic E-state index is -5.97. The molecular formula is C41H36F8O7. The molecule has 0 bridgehead atoms. The van der Waals surface area contributed by atoms with Gasteiger partial charge in [-0.15, -0.1) is 0 Å². The quantitative estimate of drug-likeness (QED) is 0.0346. The summed E-state index contributed by atoms with van der Waals surface area (Å²) in [6.45, 7) is 5.46. The molecule has 0 N–H and O–H groups in total. The first-order chi connectivity index (χ1) is 26.5. The predicted molar refractivity (Wildman–Crippen MR) is 188 cm³/mol. The fourth-order valence-electron chi connectivity index (χ4n) is 5.72. The highest BCUT2D eigenvalue weighted by Crippen LogP contribution is 2.56. The maximum atomic E-state index is 14.8. The molecule has 0 radical (unpaired) electrons. The van der Waals surface area contributed by atoms with Gasteiger partial charge in [0.05, 0.1) is 24.3 Å². The van der Waals surface area contributed by atoms with Crippen LogP contribution < -0.4 is 14.2 Å². The molecule has 56 heavy (non-hydrogen) atoms. The number of alkyl halides is 6. The zero-order chi connectivity index (χ0) is 41.1. The molecule has 0 atom stereocenters. The molecule has 0 aliphatic heterocycles. The summed E-state index contributed by atoms with van der Waals surface area (Å²) in [7, 11) is 0. The van der Waals surface area contributed by atoms with Crippen molar-refractivity contribution < 1.29 is 68.5 Å². The summed E-state index contributed by atoms with van der Waals surface area (Å²) in [5, 5.41) is 0. The van der Waals surface area contributed by atoms with E-state index in [-0.39, 0.29) is 12.4 Å². The predicted octanol–water partition coefficient (Wildman–Crippen LogP) is 10.6. The second-order valence-corrected chi connectivity index (χ2v) is 12.5. The highest BCUT2D eigenvalue weighted by Gasteiger charge is 2.72. The van der Waals surface area contributed by atoms with Crippen molar-refractivity contribution in [2.45, 2.75) is 63.2 Å². The smallest absolute Gasteiger partial charge is 0.411 e. The number of halogens is 8. The van der Waals surface area contributed by atoms with E-state index in [4.69, 9.17) is 18.9 Å². The minimum absolute atomic E-state index is 0.120. The maximum absolute atomic E-state index is 14.8. The molecule has 298 valence electrons. The van der Waals surface area contributed by atoms with Gasteiger partial charge in [-0.3, -0.25) is 0 Å². The number of esters is 3. The van der Waals surface area contributed by atoms with Crippen LogP contribution in [0.5, 0.6) is 17.2 Å². The fraction of sp³-hybridized carbons (Fsp3) is 0.293. The van der Waals surface area contributed by atoms with Crippen LogP contribution in [0.2, 0.25) is 0 Å². The lowest BCUT2D eigenvalue weighted by atomic mass is 9.73. The van der Waals surface area contributed by atoms with Crippen LogP contribution >= 0.6 is 0 Å². The van der Waals surface area contributed by atoms with E-state index in [2.05, 4.69) is 6.58 Å². The van der Waals surface area contributed by atoms with Gasteiger partial charge < -0.3 is 18.9 Å². The molecule has 0 aliphatic carbocycles. The highest BCUT2D eigenvalue weighted by atomic mass is 19.4. The minimum Gasteiger partial charge on any atom is -0.493 e. The number of hydrogen-bond acceptors (Lipinski definition) is 7. The Bertz CT molecular complexity index is 1980. The van der Waals surface area contributed by atoms with Crippen LogP contribution in [-0.4, -0.2) is 43.5 Å². The van der Waals surface area contributed by atoms with Crippen LogP contribution in [0.15, 0.2) is 97.6 Å². The summed E-state index contributed by atoms with van der Waals surface area (Å²) < 4.78 is 138. The fourth-order valence-corrected chi connectivity index (χ4v) is 5.72. The highest BCUT2D eigenvalue weighted by molar-refractivity contribution is 5.92. The number of rotatable bonds is 17. The average molecular weight is 793 g/mol. The van der Waals surface area contributed by atoms with Gasteiger partial charge in [-0.25, -0.2) is 23.2 Å². The Labute approximate surface area is 316 Å². The topological polar surface area (TPSA) is 88.1 Å². The zero-order valence-corrected chi connectivity index (χ0v) is 29.9. The summed E-state index contributed by atoms with van der Waals surface area (Å²) in [5.41, 5.74) is -7.74. The van der Waals surface area contributed by atoms with Crippen LogP contribution in [0.3, 0.4) is 0 Å². The molecule has 0 amide bonds. The van der Waals surface area contributed by atoms with Gasteiger partial charge in [0.15, 0.2) is 0 Å². The molecule has 0 spiro atoms. The van der Waals surface area contributed by atoms with Gasteiger partial charge in [0.1, 0.15) is 28.9 Å². The Kier molecular flexibility index (Phi) is 14.4. The Morgan fingerprint density at radius 2 is 1.02 bits per heavy atom. The summed E-state index contributed by atoms with van der Waals surface area (Å²) in [6.07, 6.45) is -5.93. The van der Waals surface area contributed by atoms with E-state index in [1.807, 2.05) is 0 Å². The molecule has 4 aromatic carbocycles. The molecule has 7 nitrogen and oxygen atoms in total. The number of benzene rings is 4. The molecule has 0 aliphatic rings. The van der Waals surface area contributed by atoms with E-state index in [1.54, 1.807) is 6.92 Å². The van der Waals surface area contributed by atoms with Gasteiger partial charge in [0, 0.05) is 12.1 Å². The molecular weight excluding hydrogens is 756 g/mol. The second kappa shape index (κ2) is 18.7. The molecule has 4 aromatic rings. The molecule has 0 aromatic heterocycles. The SMILES string of the molecule is C=CC(=O)OCCCCCCCCOc1ccc(C(=O)Oc2ccc(C(c3ccc(OC(=O)c4ccc(C)cc4F)cc3)(C(F)(F)F)C(F)(F)F)cc2)c(F)c1. The zero-order valence-electron chi connectivity index (χ0n) is 29.9. The van der Waals surface area contributed by atoms with Gasteiger partial charge in [0.25, 0.3) is 0 Å². The van der Waals surface area contributed by atoms with E-state index in [0.717, 1.165) is 62.4 Å². The van der Waals surface area contributed by atoms with E-state index < -0.39 is 81.1 Å². The summed E-state index contributed by atoms with van der Waals surface area (Å²) in [6, 6.07) is 11.7. The maximum Gasteiger partial charge on any atom is 0.411 e. The first-order valence-electron chi connectivity index (χ1n) is 17.2. The first-order valence-corrected chi connectivity index (χ1v) is 17.2. The number of aryl methyl sites for hydroxylation is 1. The van der Waals surface area contributed by atoms with Crippen molar-refractivity contribution in [2.75, 3.05) is 13.2 Å². The standard InChI is InChI=1S/C41H36F8O7/c1-3-36(50)54-23-9-7-5-4-6-8-22-53-31-19-21-33(35(43)25-31)38(52)56-30-17-13-28(14-18-30)39(40(44,45)46,41(47,48)49)27-11-15-29(16-12-27)55-37(51)32-20-10-26(2)24-34(32)42/h3,10-21,24-25H,1,4-9,22-23H2,2H3. The van der Waals surface area contributed by atoms with Crippen molar-refractivity contribution in [3.8, 4) is 17.2 Å². The van der Waals surface area contributed by atoms with Gasteiger partial charge >= 0.3 is 30.3 Å². The van der Waals surface area contributed by atoms with E-state index >= 15 is 0 Å². The normalized spacial score (nSPS) is 11.8. The van der Waals surface area contributed by atoms with Crippen LogP contribution in [0, 0.1) is 18.6 Å². The second-order valence-electron chi connectivity index (χ2n) is 12.5. The summed E-state index contributed by atoms with van der Waals surface area (Å²) in [4.78, 5) is 36.1. The largest absolute Gasteiger partial charge is 0.493 e. The Hall–Kier alpha value is -5.73. The molecule has 0 heterocycles. The van der Waals surface area contributed by atoms with E-state index in [9.17, 15) is 49.5 Å². The number of unbranched alkanes of at least 4 members (excludes halogenated alkanes) is 5. The lowest BCUT2D eigenvalue weighted by molar-refractivity contribution is -0.288. The third-order valence-electron chi connectivity index (χ3n) is 8.57. The van der Waals surface area contributed by atoms with Crippen molar-refractivity contribution in [1.29, 1.82) is 0 Å².